The van der Waals surface area contributed by atoms with Crippen LogP contribution in [0, 0.1) is 6.92 Å². The van der Waals surface area contributed by atoms with E-state index in [1.165, 1.54) is 11.1 Å². The van der Waals surface area contributed by atoms with Gasteiger partial charge in [0.1, 0.15) is 11.5 Å². The zero-order valence-electron chi connectivity index (χ0n) is 20.4. The molecule has 7 nitrogen and oxygen atoms in total. The van der Waals surface area contributed by atoms with E-state index in [1.54, 1.807) is 0 Å². The number of aryl methyl sites for hydroxylation is 1. The minimum atomic E-state index is 0.251. The summed E-state index contributed by atoms with van der Waals surface area (Å²) in [6.07, 6.45) is 7.68. The van der Waals surface area contributed by atoms with Crippen LogP contribution in [0.1, 0.15) is 49.1 Å². The second-order valence-electron chi connectivity index (χ2n) is 8.84. The quantitative estimate of drug-likeness (QED) is 0.312. The van der Waals surface area contributed by atoms with Gasteiger partial charge in [-0.05, 0) is 57.6 Å². The van der Waals surface area contributed by atoms with Gasteiger partial charge < -0.3 is 10.1 Å². The van der Waals surface area contributed by atoms with Gasteiger partial charge in [-0.3, -0.25) is 0 Å². The van der Waals surface area contributed by atoms with Crippen LogP contribution in [0.2, 0.25) is 0 Å². The zero-order chi connectivity index (χ0) is 23.9. The highest BCUT2D eigenvalue weighted by atomic mass is 16.5. The van der Waals surface area contributed by atoms with Gasteiger partial charge in [-0.2, -0.15) is 5.10 Å². The van der Waals surface area contributed by atoms with Gasteiger partial charge in [0.05, 0.1) is 12.6 Å². The van der Waals surface area contributed by atoms with E-state index >= 15 is 0 Å². The molecule has 178 valence electrons. The molecular formula is C27H34N6O. The summed E-state index contributed by atoms with van der Waals surface area (Å²) in [5.41, 5.74) is 5.32. The molecule has 0 unspecified atom stereocenters. The molecule has 3 aromatic rings. The highest BCUT2D eigenvalue weighted by Gasteiger charge is 2.23. The van der Waals surface area contributed by atoms with Gasteiger partial charge in [0, 0.05) is 36.7 Å². The first kappa shape index (κ1) is 23.8. The van der Waals surface area contributed by atoms with Crippen molar-refractivity contribution in [1.82, 2.24) is 19.7 Å². The number of hydrogen-bond donors (Lipinski definition) is 1. The molecule has 1 aliphatic rings. The fourth-order valence-electron chi connectivity index (χ4n) is 4.12. The van der Waals surface area contributed by atoms with E-state index < -0.39 is 0 Å². The fourth-order valence-corrected chi connectivity index (χ4v) is 4.12. The molecule has 0 saturated carbocycles. The molecule has 0 amide bonds. The van der Waals surface area contributed by atoms with Crippen molar-refractivity contribution >= 4 is 17.9 Å². The van der Waals surface area contributed by atoms with E-state index in [9.17, 15) is 0 Å². The van der Waals surface area contributed by atoms with Crippen molar-refractivity contribution in [1.29, 1.82) is 0 Å². The minimum absolute atomic E-state index is 0.251. The topological polar surface area (TPSA) is 77.2 Å². The van der Waals surface area contributed by atoms with Crippen LogP contribution in [-0.2, 0) is 24.1 Å². The number of benzene rings is 1. The van der Waals surface area contributed by atoms with Crippen molar-refractivity contribution < 1.29 is 4.74 Å². The van der Waals surface area contributed by atoms with Crippen LogP contribution >= 0.6 is 0 Å². The summed E-state index contributed by atoms with van der Waals surface area (Å²) in [7, 11) is 0. The second-order valence-corrected chi connectivity index (χ2v) is 8.84. The van der Waals surface area contributed by atoms with Gasteiger partial charge in [0.2, 0.25) is 0 Å². The van der Waals surface area contributed by atoms with Crippen LogP contribution in [0.15, 0.2) is 48.0 Å². The van der Waals surface area contributed by atoms with E-state index in [0.717, 1.165) is 67.4 Å². The fraction of sp³-hybridized carbons (Fsp3) is 0.407. The third-order valence-corrected chi connectivity index (χ3v) is 5.71. The summed E-state index contributed by atoms with van der Waals surface area (Å²) in [5, 5.41) is 8.39. The molecule has 0 saturated heterocycles. The van der Waals surface area contributed by atoms with E-state index in [-0.39, 0.29) is 6.10 Å². The Kier molecular flexibility index (Phi) is 7.85. The van der Waals surface area contributed by atoms with Crippen molar-refractivity contribution in [3.63, 3.8) is 0 Å². The van der Waals surface area contributed by atoms with Gasteiger partial charge in [-0.1, -0.05) is 30.3 Å². The molecule has 34 heavy (non-hydrogen) atoms. The summed E-state index contributed by atoms with van der Waals surface area (Å²) >= 11 is 0. The molecule has 1 aliphatic heterocycles. The molecule has 0 spiro atoms. The Morgan fingerprint density at radius 2 is 2.03 bits per heavy atom. The second kappa shape index (κ2) is 11.2. The summed E-state index contributed by atoms with van der Waals surface area (Å²) < 4.78 is 7.62. The van der Waals surface area contributed by atoms with E-state index in [1.807, 2.05) is 30.0 Å². The number of aliphatic imine (C=N–C) groups is 1. The molecule has 7 heteroatoms. The molecule has 0 aliphatic carbocycles. The number of hydrogen-bond acceptors (Lipinski definition) is 6. The number of nitrogens with one attached hydrogen (secondary N) is 1. The lowest BCUT2D eigenvalue weighted by Gasteiger charge is -2.11. The third kappa shape index (κ3) is 5.78. The molecule has 3 heterocycles. The van der Waals surface area contributed by atoms with Crippen molar-refractivity contribution in [2.24, 2.45) is 4.99 Å². The molecule has 0 atom stereocenters. The number of ether oxygens (including phenoxy) is 1. The molecule has 1 N–H and O–H groups in total. The lowest BCUT2D eigenvalue weighted by molar-refractivity contribution is 0.0787. The van der Waals surface area contributed by atoms with Gasteiger partial charge in [-0.15, -0.1) is 6.58 Å². The Labute approximate surface area is 202 Å². The predicted octanol–water partition coefficient (Wildman–Crippen LogP) is 5.30. The van der Waals surface area contributed by atoms with Crippen molar-refractivity contribution in [3.05, 3.63) is 65.4 Å². The zero-order valence-corrected chi connectivity index (χ0v) is 20.4. The number of aromatic nitrogens is 4. The molecular weight excluding hydrogens is 424 g/mol. The van der Waals surface area contributed by atoms with Crippen LogP contribution < -0.4 is 5.32 Å². The third-order valence-electron chi connectivity index (χ3n) is 5.71. The SMILES string of the molecule is C=CCc1ccccc1Cn1nc(-c2nc(C)cc(NCCCOC(C)C)n2)c2c1N=CCC2. The normalized spacial score (nSPS) is 12.7. The Hall–Kier alpha value is -3.32. The average Bonchev–Trinajstić information content (AvgIpc) is 3.18. The Bertz CT molecular complexity index is 1160. The maximum Gasteiger partial charge on any atom is 0.182 e. The summed E-state index contributed by atoms with van der Waals surface area (Å²) in [6.45, 7) is 12.2. The summed E-state index contributed by atoms with van der Waals surface area (Å²) in [4.78, 5) is 14.2. The largest absolute Gasteiger partial charge is 0.379 e. The monoisotopic (exact) mass is 458 g/mol. The first-order chi connectivity index (χ1) is 16.5. The van der Waals surface area contributed by atoms with Crippen molar-refractivity contribution in [2.45, 2.75) is 59.1 Å². The summed E-state index contributed by atoms with van der Waals surface area (Å²) in [6, 6.07) is 10.4. The molecule has 0 fully saturated rings. The maximum atomic E-state index is 5.63. The van der Waals surface area contributed by atoms with Crippen LogP contribution in [0.5, 0.6) is 0 Å². The number of nitrogens with zero attached hydrogens (tertiary/aromatic N) is 5. The van der Waals surface area contributed by atoms with Crippen molar-refractivity contribution in [2.75, 3.05) is 18.5 Å². The van der Waals surface area contributed by atoms with E-state index in [0.29, 0.717) is 12.4 Å². The number of rotatable bonds is 11. The van der Waals surface area contributed by atoms with Gasteiger partial charge in [-0.25, -0.2) is 19.6 Å². The maximum absolute atomic E-state index is 5.63. The highest BCUT2D eigenvalue weighted by Crippen LogP contribution is 2.33. The Morgan fingerprint density at radius 1 is 1.21 bits per heavy atom. The number of allylic oxidation sites excluding steroid dienone is 1. The predicted molar refractivity (Wildman–Crippen MR) is 138 cm³/mol. The van der Waals surface area contributed by atoms with E-state index in [4.69, 9.17) is 24.8 Å². The lowest BCUT2D eigenvalue weighted by atomic mass is 10.0. The molecule has 0 radical (unpaired) electrons. The Balaban J connectivity index is 1.60. The van der Waals surface area contributed by atoms with Gasteiger partial charge >= 0.3 is 0 Å². The van der Waals surface area contributed by atoms with Gasteiger partial charge in [0.15, 0.2) is 11.6 Å². The molecule has 4 rings (SSSR count). The van der Waals surface area contributed by atoms with Crippen LogP contribution in [0.3, 0.4) is 0 Å². The Morgan fingerprint density at radius 3 is 2.82 bits per heavy atom. The standard InChI is InChI=1S/C27H34N6O/c1-5-10-21-11-6-7-12-22(21)18-33-27-23(13-8-14-29-27)25(32-33)26-30-20(4)17-24(31-26)28-15-9-16-34-19(2)3/h5-7,11-12,14,17,19H,1,8-10,13,15-16,18H2,2-4H3,(H,28,30,31). The van der Waals surface area contributed by atoms with Crippen LogP contribution in [-0.4, -0.2) is 45.2 Å². The highest BCUT2D eigenvalue weighted by molar-refractivity contribution is 5.73. The molecule has 1 aromatic carbocycles. The molecule has 2 aromatic heterocycles. The number of anilines is 1. The minimum Gasteiger partial charge on any atom is -0.379 e. The van der Waals surface area contributed by atoms with Crippen LogP contribution in [0.4, 0.5) is 11.6 Å². The van der Waals surface area contributed by atoms with Crippen LogP contribution in [0.25, 0.3) is 11.5 Å². The smallest absolute Gasteiger partial charge is 0.182 e. The number of fused-ring (bicyclic) bond motifs is 1. The first-order valence-corrected chi connectivity index (χ1v) is 12.1. The lowest BCUT2D eigenvalue weighted by Crippen LogP contribution is -2.11. The summed E-state index contributed by atoms with van der Waals surface area (Å²) in [5.74, 6) is 2.36. The van der Waals surface area contributed by atoms with E-state index in [2.05, 4.69) is 50.0 Å². The molecule has 0 bridgehead atoms. The van der Waals surface area contributed by atoms with Gasteiger partial charge in [0.25, 0.3) is 0 Å². The first-order valence-electron chi connectivity index (χ1n) is 12.1. The average molecular weight is 459 g/mol. The van der Waals surface area contributed by atoms with Crippen molar-refractivity contribution in [3.8, 4) is 11.5 Å².